The summed E-state index contributed by atoms with van der Waals surface area (Å²) in [4.78, 5) is 12.5. The van der Waals surface area contributed by atoms with E-state index in [1.165, 1.54) is 0 Å². The lowest BCUT2D eigenvalue weighted by Gasteiger charge is -2.26. The van der Waals surface area contributed by atoms with Gasteiger partial charge in [0.1, 0.15) is 23.9 Å². The van der Waals surface area contributed by atoms with Crippen molar-refractivity contribution in [2.24, 2.45) is 0 Å². The molecule has 0 aliphatic carbocycles. The topological polar surface area (TPSA) is 60.7 Å². The molecule has 0 unspecified atom stereocenters. The Balaban J connectivity index is 1.39. The smallest absolute Gasteiger partial charge is 0.287 e. The minimum Gasteiger partial charge on any atom is -0.493 e. The third kappa shape index (κ3) is 3.57. The van der Waals surface area contributed by atoms with E-state index >= 15 is 0 Å². The number of carbonyl (C=O) groups is 1. The molecule has 5 nitrogen and oxygen atoms in total. The summed E-state index contributed by atoms with van der Waals surface area (Å²) in [6, 6.07) is 20.6. The summed E-state index contributed by atoms with van der Waals surface area (Å²) in [6.45, 7) is 0.855. The van der Waals surface area contributed by atoms with Crippen LogP contribution < -0.4 is 14.8 Å². The molecule has 132 valence electrons. The van der Waals surface area contributed by atoms with Crippen LogP contribution in [0.2, 0.25) is 0 Å². The van der Waals surface area contributed by atoms with Crippen LogP contribution in [0.25, 0.3) is 0 Å². The molecule has 0 spiro atoms. The van der Waals surface area contributed by atoms with Gasteiger partial charge in [-0.3, -0.25) is 4.79 Å². The number of hydrogen-bond donors (Lipinski definition) is 1. The first-order valence-electron chi connectivity index (χ1n) is 8.59. The Kier molecular flexibility index (Phi) is 4.60. The van der Waals surface area contributed by atoms with E-state index in [4.69, 9.17) is 13.9 Å². The molecule has 0 saturated heterocycles. The Morgan fingerprint density at radius 2 is 1.85 bits per heavy atom. The molecule has 1 atom stereocenters. The normalized spacial score (nSPS) is 15.6. The first kappa shape index (κ1) is 16.3. The Morgan fingerprint density at radius 3 is 2.73 bits per heavy atom. The standard InChI is InChI=1S/C21H19NO4/c23-21(22-18-12-13-24-19-9-5-4-8-17(18)19)20-11-10-16(26-20)14-25-15-6-2-1-3-7-15/h1-11,18H,12-14H2,(H,22,23)/t18-/m0/s1. The molecule has 26 heavy (non-hydrogen) atoms. The summed E-state index contributed by atoms with van der Waals surface area (Å²) in [7, 11) is 0. The van der Waals surface area contributed by atoms with Crippen molar-refractivity contribution in [1.29, 1.82) is 0 Å². The van der Waals surface area contributed by atoms with Gasteiger partial charge >= 0.3 is 0 Å². The first-order valence-corrected chi connectivity index (χ1v) is 8.59. The van der Waals surface area contributed by atoms with Crippen LogP contribution in [0.3, 0.4) is 0 Å². The van der Waals surface area contributed by atoms with Gasteiger partial charge in [0.25, 0.3) is 5.91 Å². The van der Waals surface area contributed by atoms with Crippen LogP contribution in [0, 0.1) is 0 Å². The van der Waals surface area contributed by atoms with Crippen LogP contribution in [0.5, 0.6) is 11.5 Å². The highest BCUT2D eigenvalue weighted by Crippen LogP contribution is 2.31. The number of para-hydroxylation sites is 2. The molecule has 1 aliphatic rings. The molecule has 5 heteroatoms. The SMILES string of the molecule is O=C(N[C@H]1CCOc2ccccc21)c1ccc(COc2ccccc2)o1. The zero-order valence-electron chi connectivity index (χ0n) is 14.2. The number of hydrogen-bond acceptors (Lipinski definition) is 4. The van der Waals surface area contributed by atoms with Crippen molar-refractivity contribution in [1.82, 2.24) is 5.32 Å². The number of ether oxygens (including phenoxy) is 2. The lowest BCUT2D eigenvalue weighted by atomic mass is 10.0. The summed E-state index contributed by atoms with van der Waals surface area (Å²) in [5.41, 5.74) is 0.992. The maximum atomic E-state index is 12.5. The minimum absolute atomic E-state index is 0.0819. The van der Waals surface area contributed by atoms with Gasteiger partial charge in [-0.05, 0) is 30.3 Å². The molecule has 4 rings (SSSR count). The van der Waals surface area contributed by atoms with E-state index in [1.807, 2.05) is 54.6 Å². The third-order valence-corrected chi connectivity index (χ3v) is 4.27. The summed E-state index contributed by atoms with van der Waals surface area (Å²) in [6.07, 6.45) is 0.730. The summed E-state index contributed by atoms with van der Waals surface area (Å²) in [5, 5.41) is 3.02. The van der Waals surface area contributed by atoms with E-state index in [2.05, 4.69) is 5.32 Å². The van der Waals surface area contributed by atoms with E-state index in [-0.39, 0.29) is 24.3 Å². The summed E-state index contributed by atoms with van der Waals surface area (Å²) < 4.78 is 16.9. The van der Waals surface area contributed by atoms with E-state index in [1.54, 1.807) is 12.1 Å². The van der Waals surface area contributed by atoms with E-state index in [9.17, 15) is 4.79 Å². The van der Waals surface area contributed by atoms with Crippen molar-refractivity contribution in [2.75, 3.05) is 6.61 Å². The van der Waals surface area contributed by atoms with Crippen LogP contribution in [0.1, 0.15) is 34.3 Å². The molecular weight excluding hydrogens is 330 g/mol. The van der Waals surface area contributed by atoms with Crippen LogP contribution in [-0.2, 0) is 6.61 Å². The lowest BCUT2D eigenvalue weighted by Crippen LogP contribution is -2.31. The van der Waals surface area contributed by atoms with Crippen molar-refractivity contribution >= 4 is 5.91 Å². The van der Waals surface area contributed by atoms with E-state index < -0.39 is 0 Å². The average molecular weight is 349 g/mol. The van der Waals surface area contributed by atoms with Gasteiger partial charge in [0.05, 0.1) is 12.6 Å². The molecule has 2 aromatic carbocycles. The van der Waals surface area contributed by atoms with Gasteiger partial charge in [-0.25, -0.2) is 0 Å². The Morgan fingerprint density at radius 1 is 1.04 bits per heavy atom. The quantitative estimate of drug-likeness (QED) is 0.753. The Bertz CT molecular complexity index is 888. The monoisotopic (exact) mass is 349 g/mol. The van der Waals surface area contributed by atoms with Crippen molar-refractivity contribution in [3.05, 3.63) is 83.8 Å². The molecule has 1 aliphatic heterocycles. The Hall–Kier alpha value is -3.21. The van der Waals surface area contributed by atoms with Gasteiger partial charge in [0.2, 0.25) is 0 Å². The van der Waals surface area contributed by atoms with E-state index in [0.717, 1.165) is 23.5 Å². The average Bonchev–Trinajstić information content (AvgIpc) is 3.17. The molecule has 2 heterocycles. The highest BCUT2D eigenvalue weighted by molar-refractivity contribution is 5.91. The lowest BCUT2D eigenvalue weighted by molar-refractivity contribution is 0.0892. The van der Waals surface area contributed by atoms with Crippen LogP contribution in [0.15, 0.2) is 71.1 Å². The fraction of sp³-hybridized carbons (Fsp3) is 0.190. The number of rotatable bonds is 5. The predicted octanol–water partition coefficient (Wildman–Crippen LogP) is 4.11. The third-order valence-electron chi connectivity index (χ3n) is 4.27. The second kappa shape index (κ2) is 7.35. The number of furan rings is 1. The van der Waals surface area contributed by atoms with Gasteiger partial charge < -0.3 is 19.2 Å². The highest BCUT2D eigenvalue weighted by atomic mass is 16.5. The Labute approximate surface area is 151 Å². The molecule has 1 N–H and O–H groups in total. The van der Waals surface area contributed by atoms with Crippen LogP contribution in [-0.4, -0.2) is 12.5 Å². The van der Waals surface area contributed by atoms with E-state index in [0.29, 0.717) is 12.4 Å². The predicted molar refractivity (Wildman–Crippen MR) is 96.2 cm³/mol. The zero-order chi connectivity index (χ0) is 17.8. The zero-order valence-corrected chi connectivity index (χ0v) is 14.2. The number of carbonyl (C=O) groups excluding carboxylic acids is 1. The van der Waals surface area contributed by atoms with Crippen molar-refractivity contribution < 1.29 is 18.7 Å². The van der Waals surface area contributed by atoms with Crippen molar-refractivity contribution in [3.8, 4) is 11.5 Å². The summed E-state index contributed by atoms with van der Waals surface area (Å²) >= 11 is 0. The fourth-order valence-electron chi connectivity index (χ4n) is 2.97. The largest absolute Gasteiger partial charge is 0.493 e. The number of amides is 1. The molecule has 0 saturated carbocycles. The molecule has 3 aromatic rings. The minimum atomic E-state index is -0.238. The number of nitrogens with one attached hydrogen (secondary N) is 1. The molecular formula is C21H19NO4. The van der Waals surface area contributed by atoms with Gasteiger partial charge in [-0.15, -0.1) is 0 Å². The molecule has 1 aromatic heterocycles. The van der Waals surface area contributed by atoms with Crippen LogP contribution in [0.4, 0.5) is 0 Å². The van der Waals surface area contributed by atoms with Crippen molar-refractivity contribution in [2.45, 2.75) is 19.1 Å². The van der Waals surface area contributed by atoms with Crippen molar-refractivity contribution in [3.63, 3.8) is 0 Å². The second-order valence-electron chi connectivity index (χ2n) is 6.07. The fourth-order valence-corrected chi connectivity index (χ4v) is 2.97. The molecule has 0 fully saturated rings. The maximum absolute atomic E-state index is 12.5. The van der Waals surface area contributed by atoms with Gasteiger partial charge in [-0.2, -0.15) is 0 Å². The number of fused-ring (bicyclic) bond motifs is 1. The van der Waals surface area contributed by atoms with Crippen LogP contribution >= 0.6 is 0 Å². The van der Waals surface area contributed by atoms with Gasteiger partial charge in [-0.1, -0.05) is 36.4 Å². The molecule has 0 radical (unpaired) electrons. The maximum Gasteiger partial charge on any atom is 0.287 e. The highest BCUT2D eigenvalue weighted by Gasteiger charge is 2.24. The summed E-state index contributed by atoms with van der Waals surface area (Å²) in [5.74, 6) is 2.22. The molecule has 1 amide bonds. The second-order valence-corrected chi connectivity index (χ2v) is 6.07. The first-order chi connectivity index (χ1) is 12.8. The van der Waals surface area contributed by atoms with Gasteiger partial charge in [0.15, 0.2) is 5.76 Å². The van der Waals surface area contributed by atoms with Gasteiger partial charge in [0, 0.05) is 12.0 Å². The number of benzene rings is 2. The molecule has 0 bridgehead atoms.